The van der Waals surface area contributed by atoms with Gasteiger partial charge < -0.3 is 4.74 Å². The molecule has 3 heteroatoms. The number of carbonyl (C=O) groups excluding carboxylic acids is 1. The molecule has 0 unspecified atom stereocenters. The third-order valence-corrected chi connectivity index (χ3v) is 4.15. The Kier molecular flexibility index (Phi) is 7.07. The summed E-state index contributed by atoms with van der Waals surface area (Å²) in [6.07, 6.45) is 3.81. The highest BCUT2D eigenvalue weighted by molar-refractivity contribution is 5.96. The number of rotatable bonds is 8. The molecule has 1 aromatic rings. The van der Waals surface area contributed by atoms with Gasteiger partial charge in [0.25, 0.3) is 0 Å². The van der Waals surface area contributed by atoms with Gasteiger partial charge in [0.15, 0.2) is 5.78 Å². The normalized spacial score (nSPS) is 16.1. The fourth-order valence-electron chi connectivity index (χ4n) is 2.89. The summed E-state index contributed by atoms with van der Waals surface area (Å²) in [4.78, 5) is 14.6. The molecule has 2 rings (SSSR count). The van der Waals surface area contributed by atoms with Gasteiger partial charge in [0.1, 0.15) is 0 Å². The summed E-state index contributed by atoms with van der Waals surface area (Å²) < 4.78 is 5.34. The summed E-state index contributed by atoms with van der Waals surface area (Å²) in [5, 5.41) is 0. The Balaban J connectivity index is 1.68. The zero-order chi connectivity index (χ0) is 15.8. The van der Waals surface area contributed by atoms with Crippen LogP contribution in [0.15, 0.2) is 24.3 Å². The standard InChI is InChI=1S/C19H29NO2/c1-16(2)15-17-6-8-18(9-7-17)19(21)5-3-4-10-20-11-13-22-14-12-20/h6-9,16H,3-5,10-15H2,1-2H3. The van der Waals surface area contributed by atoms with E-state index in [1.54, 1.807) is 0 Å². The van der Waals surface area contributed by atoms with Crippen LogP contribution in [0.3, 0.4) is 0 Å². The van der Waals surface area contributed by atoms with Crippen LogP contribution in [0, 0.1) is 5.92 Å². The molecule has 1 heterocycles. The van der Waals surface area contributed by atoms with Gasteiger partial charge in [-0.25, -0.2) is 0 Å². The van der Waals surface area contributed by atoms with E-state index >= 15 is 0 Å². The Morgan fingerprint density at radius 3 is 2.45 bits per heavy atom. The summed E-state index contributed by atoms with van der Waals surface area (Å²) in [5.74, 6) is 0.930. The van der Waals surface area contributed by atoms with Gasteiger partial charge in [-0.15, -0.1) is 0 Å². The van der Waals surface area contributed by atoms with Gasteiger partial charge in [0, 0.05) is 25.1 Å². The second kappa shape index (κ2) is 9.06. The number of nitrogens with zero attached hydrogens (tertiary/aromatic N) is 1. The molecule has 122 valence electrons. The quantitative estimate of drug-likeness (QED) is 0.543. The molecule has 0 spiro atoms. The molecule has 1 aromatic carbocycles. The third kappa shape index (κ3) is 5.90. The highest BCUT2D eigenvalue weighted by Crippen LogP contribution is 2.12. The van der Waals surface area contributed by atoms with Crippen LogP contribution in [0.4, 0.5) is 0 Å². The molecule has 0 saturated carbocycles. The number of morpholine rings is 1. The van der Waals surface area contributed by atoms with Crippen LogP contribution in [-0.2, 0) is 11.2 Å². The van der Waals surface area contributed by atoms with E-state index in [-0.39, 0.29) is 5.78 Å². The largest absolute Gasteiger partial charge is 0.379 e. The lowest BCUT2D eigenvalue weighted by Crippen LogP contribution is -2.36. The molecule has 1 aliphatic rings. The Morgan fingerprint density at radius 2 is 1.82 bits per heavy atom. The summed E-state index contributed by atoms with van der Waals surface area (Å²) in [6.45, 7) is 9.28. The van der Waals surface area contributed by atoms with E-state index in [4.69, 9.17) is 4.74 Å². The van der Waals surface area contributed by atoms with Crippen molar-refractivity contribution in [3.05, 3.63) is 35.4 Å². The first-order chi connectivity index (χ1) is 10.6. The Morgan fingerprint density at radius 1 is 1.14 bits per heavy atom. The smallest absolute Gasteiger partial charge is 0.162 e. The number of hydrogen-bond acceptors (Lipinski definition) is 3. The van der Waals surface area contributed by atoms with Crippen LogP contribution in [-0.4, -0.2) is 43.5 Å². The number of ketones is 1. The van der Waals surface area contributed by atoms with Crippen molar-refractivity contribution in [1.29, 1.82) is 0 Å². The van der Waals surface area contributed by atoms with Crippen molar-refractivity contribution in [2.24, 2.45) is 5.92 Å². The van der Waals surface area contributed by atoms with Crippen LogP contribution in [0.2, 0.25) is 0 Å². The topological polar surface area (TPSA) is 29.5 Å². The predicted molar refractivity (Wildman–Crippen MR) is 90.4 cm³/mol. The van der Waals surface area contributed by atoms with Crippen molar-refractivity contribution < 1.29 is 9.53 Å². The number of Topliss-reactive ketones (excluding diaryl/α,β-unsaturated/α-hetero) is 1. The molecule has 0 atom stereocenters. The highest BCUT2D eigenvalue weighted by atomic mass is 16.5. The van der Waals surface area contributed by atoms with E-state index < -0.39 is 0 Å². The molecule has 0 bridgehead atoms. The maximum atomic E-state index is 12.2. The van der Waals surface area contributed by atoms with Crippen LogP contribution in [0.1, 0.15) is 49.0 Å². The van der Waals surface area contributed by atoms with Crippen molar-refractivity contribution in [3.8, 4) is 0 Å². The zero-order valence-electron chi connectivity index (χ0n) is 14.0. The Bertz CT molecular complexity index is 447. The number of carbonyl (C=O) groups is 1. The number of hydrogen-bond donors (Lipinski definition) is 0. The SMILES string of the molecule is CC(C)Cc1ccc(C(=O)CCCCN2CCOCC2)cc1. The van der Waals surface area contributed by atoms with E-state index in [2.05, 4.69) is 30.9 Å². The lowest BCUT2D eigenvalue weighted by molar-refractivity contribution is 0.0371. The molecular formula is C19H29NO2. The Labute approximate surface area is 134 Å². The van der Waals surface area contributed by atoms with Crippen molar-refractivity contribution in [2.75, 3.05) is 32.8 Å². The van der Waals surface area contributed by atoms with Gasteiger partial charge in [-0.1, -0.05) is 38.1 Å². The van der Waals surface area contributed by atoms with Gasteiger partial charge in [-0.2, -0.15) is 0 Å². The molecule has 1 saturated heterocycles. The lowest BCUT2D eigenvalue weighted by Gasteiger charge is -2.26. The highest BCUT2D eigenvalue weighted by Gasteiger charge is 2.10. The summed E-state index contributed by atoms with van der Waals surface area (Å²) in [5.41, 5.74) is 2.18. The molecule has 0 aliphatic carbocycles. The van der Waals surface area contributed by atoms with E-state index in [1.165, 1.54) is 5.56 Å². The minimum Gasteiger partial charge on any atom is -0.379 e. The minimum absolute atomic E-state index is 0.276. The molecule has 0 N–H and O–H groups in total. The average Bonchev–Trinajstić information content (AvgIpc) is 2.52. The minimum atomic E-state index is 0.276. The van der Waals surface area contributed by atoms with Crippen LogP contribution in [0.5, 0.6) is 0 Å². The number of unbranched alkanes of at least 4 members (excludes halogenated alkanes) is 1. The maximum Gasteiger partial charge on any atom is 0.162 e. The molecule has 1 fully saturated rings. The van der Waals surface area contributed by atoms with Crippen molar-refractivity contribution in [2.45, 2.75) is 39.5 Å². The van der Waals surface area contributed by atoms with Crippen molar-refractivity contribution in [3.63, 3.8) is 0 Å². The molecule has 22 heavy (non-hydrogen) atoms. The zero-order valence-corrected chi connectivity index (χ0v) is 14.0. The van der Waals surface area contributed by atoms with E-state index in [9.17, 15) is 4.79 Å². The van der Waals surface area contributed by atoms with E-state index in [0.717, 1.165) is 57.7 Å². The van der Waals surface area contributed by atoms with Crippen LogP contribution < -0.4 is 0 Å². The van der Waals surface area contributed by atoms with Crippen LogP contribution in [0.25, 0.3) is 0 Å². The molecule has 3 nitrogen and oxygen atoms in total. The second-order valence-electron chi connectivity index (χ2n) is 6.63. The molecule has 0 radical (unpaired) electrons. The summed E-state index contributed by atoms with van der Waals surface area (Å²) in [7, 11) is 0. The Hall–Kier alpha value is -1.19. The molecule has 0 aromatic heterocycles. The number of benzene rings is 1. The summed E-state index contributed by atoms with van der Waals surface area (Å²) >= 11 is 0. The first kappa shape index (κ1) is 17.2. The summed E-state index contributed by atoms with van der Waals surface area (Å²) in [6, 6.07) is 8.17. The predicted octanol–water partition coefficient (Wildman–Crippen LogP) is 3.57. The van der Waals surface area contributed by atoms with Crippen LogP contribution >= 0.6 is 0 Å². The van der Waals surface area contributed by atoms with Gasteiger partial charge in [0.05, 0.1) is 13.2 Å². The fourth-order valence-corrected chi connectivity index (χ4v) is 2.89. The van der Waals surface area contributed by atoms with Crippen molar-refractivity contribution >= 4 is 5.78 Å². The third-order valence-electron chi connectivity index (χ3n) is 4.15. The molecule has 0 amide bonds. The fraction of sp³-hybridized carbons (Fsp3) is 0.632. The van der Waals surface area contributed by atoms with E-state index in [0.29, 0.717) is 12.3 Å². The number of ether oxygens (including phenoxy) is 1. The first-order valence-corrected chi connectivity index (χ1v) is 8.57. The van der Waals surface area contributed by atoms with Gasteiger partial charge >= 0.3 is 0 Å². The maximum absolute atomic E-state index is 12.2. The first-order valence-electron chi connectivity index (χ1n) is 8.57. The average molecular weight is 303 g/mol. The molecular weight excluding hydrogens is 274 g/mol. The van der Waals surface area contributed by atoms with Gasteiger partial charge in [0.2, 0.25) is 0 Å². The van der Waals surface area contributed by atoms with Crippen molar-refractivity contribution in [1.82, 2.24) is 4.90 Å². The molecule has 1 aliphatic heterocycles. The van der Waals surface area contributed by atoms with Gasteiger partial charge in [-0.3, -0.25) is 9.69 Å². The monoisotopic (exact) mass is 303 g/mol. The lowest BCUT2D eigenvalue weighted by atomic mass is 9.99. The van der Waals surface area contributed by atoms with E-state index in [1.807, 2.05) is 12.1 Å². The second-order valence-corrected chi connectivity index (χ2v) is 6.63. The van der Waals surface area contributed by atoms with Gasteiger partial charge in [-0.05, 0) is 37.3 Å².